The van der Waals surface area contributed by atoms with Crippen molar-refractivity contribution in [3.63, 3.8) is 0 Å². The van der Waals surface area contributed by atoms with Gasteiger partial charge in [-0.25, -0.2) is 4.57 Å². The summed E-state index contributed by atoms with van der Waals surface area (Å²) in [6, 6.07) is 5.75. The number of rotatable bonds is 2. The van der Waals surface area contributed by atoms with Crippen LogP contribution in [0.1, 0.15) is 0 Å². The van der Waals surface area contributed by atoms with Crippen LogP contribution >= 0.6 is 7.82 Å². The molecule has 4 N–H and O–H groups in total. The van der Waals surface area contributed by atoms with E-state index in [1.165, 1.54) is 24.3 Å². The fourth-order valence-electron chi connectivity index (χ4n) is 0.666. The zero-order valence-corrected chi connectivity index (χ0v) is 9.94. The average molecular weight is 212 g/mol. The van der Waals surface area contributed by atoms with Crippen molar-refractivity contribution in [1.82, 2.24) is 0 Å². The number of nitrogen functional groups attached to an aromatic ring is 1. The molecule has 1 aromatic carbocycles. The predicted octanol–water partition coefficient (Wildman–Crippen LogP) is 0.360. The van der Waals surface area contributed by atoms with Gasteiger partial charge in [0.2, 0.25) is 0 Å². The SMILES string of the molecule is Nc1ccc(OP(=O)(O)O)cc1.[Na]. The normalized spacial score (nSPS) is 10.3. The van der Waals surface area contributed by atoms with Gasteiger partial charge in [0.05, 0.1) is 0 Å². The number of phosphoric acid groups is 1. The van der Waals surface area contributed by atoms with Crippen LogP contribution in [0.4, 0.5) is 5.69 Å². The fraction of sp³-hybridized carbons (Fsp3) is 0. The fourth-order valence-corrected chi connectivity index (χ4v) is 1.06. The molecule has 0 amide bonds. The molecule has 67 valence electrons. The first kappa shape index (κ1) is 13.0. The molecular weight excluding hydrogens is 204 g/mol. The maximum Gasteiger partial charge on any atom is 0.524 e. The van der Waals surface area contributed by atoms with E-state index in [1.807, 2.05) is 0 Å². The zero-order valence-electron chi connectivity index (χ0n) is 7.04. The Hall–Kier alpha value is -0.0300. The van der Waals surface area contributed by atoms with Crippen LogP contribution in [0.3, 0.4) is 0 Å². The first-order chi connectivity index (χ1) is 5.47. The molecule has 1 radical (unpaired) electrons. The van der Waals surface area contributed by atoms with E-state index in [0.717, 1.165) is 0 Å². The second-order valence-electron chi connectivity index (χ2n) is 2.15. The third-order valence-electron chi connectivity index (χ3n) is 1.10. The summed E-state index contributed by atoms with van der Waals surface area (Å²) in [4.78, 5) is 16.8. The Labute approximate surface area is 97.4 Å². The molecule has 0 unspecified atom stereocenters. The number of benzene rings is 1. The van der Waals surface area contributed by atoms with Gasteiger partial charge >= 0.3 is 7.82 Å². The monoisotopic (exact) mass is 212 g/mol. The van der Waals surface area contributed by atoms with Crippen LogP contribution in [-0.2, 0) is 4.57 Å². The summed E-state index contributed by atoms with van der Waals surface area (Å²) in [6.45, 7) is 0. The van der Waals surface area contributed by atoms with Crippen LogP contribution in [0.2, 0.25) is 0 Å². The molecule has 0 heterocycles. The molecule has 0 aliphatic carbocycles. The van der Waals surface area contributed by atoms with Gasteiger partial charge in [-0.05, 0) is 24.3 Å². The van der Waals surface area contributed by atoms with Gasteiger partial charge in [-0.15, -0.1) is 0 Å². The Morgan fingerprint density at radius 1 is 1.23 bits per heavy atom. The quantitative estimate of drug-likeness (QED) is 0.374. The molecule has 0 aliphatic rings. The van der Waals surface area contributed by atoms with Gasteiger partial charge in [0.15, 0.2) is 0 Å². The summed E-state index contributed by atoms with van der Waals surface area (Å²) in [5, 5.41) is 0. The van der Waals surface area contributed by atoms with E-state index in [4.69, 9.17) is 15.5 Å². The van der Waals surface area contributed by atoms with Gasteiger partial charge in [0.25, 0.3) is 0 Å². The maximum absolute atomic E-state index is 10.3. The smallest absolute Gasteiger partial charge is 0.404 e. The summed E-state index contributed by atoms with van der Waals surface area (Å²) in [5.41, 5.74) is 5.85. The summed E-state index contributed by atoms with van der Waals surface area (Å²) in [7, 11) is -4.44. The molecular formula is C6H8NNaO4P. The number of nitrogens with two attached hydrogens (primary N) is 1. The van der Waals surface area contributed by atoms with Crippen LogP contribution in [-0.4, -0.2) is 39.3 Å². The molecule has 0 saturated carbocycles. The Balaban J connectivity index is 0.00000144. The minimum Gasteiger partial charge on any atom is -0.404 e. The van der Waals surface area contributed by atoms with Gasteiger partial charge in [0.1, 0.15) is 5.75 Å². The van der Waals surface area contributed by atoms with E-state index in [2.05, 4.69) is 4.52 Å². The molecule has 0 aliphatic heterocycles. The molecule has 0 fully saturated rings. The number of hydrogen-bond donors (Lipinski definition) is 3. The van der Waals surface area contributed by atoms with Crippen molar-refractivity contribution in [3.05, 3.63) is 24.3 Å². The van der Waals surface area contributed by atoms with Crippen molar-refractivity contribution >= 4 is 43.1 Å². The van der Waals surface area contributed by atoms with E-state index in [-0.39, 0.29) is 35.3 Å². The standard InChI is InChI=1S/C6H8NO4P.Na/c7-5-1-3-6(4-2-5)11-12(8,9)10;/h1-4H,7H2,(H2,8,9,10);. The second-order valence-corrected chi connectivity index (χ2v) is 3.31. The molecule has 1 aromatic rings. The van der Waals surface area contributed by atoms with Crippen LogP contribution < -0.4 is 10.3 Å². The molecule has 5 nitrogen and oxygen atoms in total. The van der Waals surface area contributed by atoms with Gasteiger partial charge in [-0.1, -0.05) is 0 Å². The van der Waals surface area contributed by atoms with Crippen molar-refractivity contribution in [2.24, 2.45) is 0 Å². The van der Waals surface area contributed by atoms with Gasteiger partial charge < -0.3 is 10.3 Å². The summed E-state index contributed by atoms with van der Waals surface area (Å²) < 4.78 is 14.6. The molecule has 1 rings (SSSR count). The zero-order chi connectivity index (χ0) is 9.19. The molecule has 0 bridgehead atoms. The van der Waals surface area contributed by atoms with E-state index in [1.54, 1.807) is 0 Å². The minimum atomic E-state index is -4.44. The molecule has 0 aromatic heterocycles. The Bertz CT molecular complexity index is 309. The second kappa shape index (κ2) is 5.00. The summed E-state index contributed by atoms with van der Waals surface area (Å²) in [5.74, 6) is 0.0949. The van der Waals surface area contributed by atoms with Gasteiger partial charge in [-0.2, -0.15) is 0 Å². The van der Waals surface area contributed by atoms with Crippen LogP contribution in [0.5, 0.6) is 5.75 Å². The van der Waals surface area contributed by atoms with Crippen LogP contribution in [0.25, 0.3) is 0 Å². The maximum atomic E-state index is 10.3. The molecule has 7 heteroatoms. The predicted molar refractivity (Wildman–Crippen MR) is 49.3 cm³/mol. The summed E-state index contributed by atoms with van der Waals surface area (Å²) in [6.07, 6.45) is 0. The number of anilines is 1. The van der Waals surface area contributed by atoms with Crippen LogP contribution in [0.15, 0.2) is 24.3 Å². The van der Waals surface area contributed by atoms with Crippen molar-refractivity contribution in [2.75, 3.05) is 5.73 Å². The minimum absolute atomic E-state index is 0. The number of phosphoric ester groups is 1. The number of hydrogen-bond acceptors (Lipinski definition) is 3. The van der Waals surface area contributed by atoms with E-state index in [0.29, 0.717) is 5.69 Å². The Morgan fingerprint density at radius 2 is 1.69 bits per heavy atom. The molecule has 0 atom stereocenters. The Morgan fingerprint density at radius 3 is 2.08 bits per heavy atom. The molecule has 0 spiro atoms. The van der Waals surface area contributed by atoms with Crippen molar-refractivity contribution in [1.29, 1.82) is 0 Å². The van der Waals surface area contributed by atoms with Crippen molar-refractivity contribution in [3.8, 4) is 5.75 Å². The first-order valence-corrected chi connectivity index (χ1v) is 4.61. The largest absolute Gasteiger partial charge is 0.524 e. The van der Waals surface area contributed by atoms with E-state index in [9.17, 15) is 4.57 Å². The Kier molecular flexibility index (Phi) is 4.99. The van der Waals surface area contributed by atoms with E-state index >= 15 is 0 Å². The molecule has 13 heavy (non-hydrogen) atoms. The van der Waals surface area contributed by atoms with Gasteiger partial charge in [-0.3, -0.25) is 9.79 Å². The first-order valence-electron chi connectivity index (χ1n) is 3.08. The van der Waals surface area contributed by atoms with Gasteiger partial charge in [0, 0.05) is 35.2 Å². The van der Waals surface area contributed by atoms with E-state index < -0.39 is 7.82 Å². The topological polar surface area (TPSA) is 92.8 Å². The third kappa shape index (κ3) is 5.31. The van der Waals surface area contributed by atoms with Crippen molar-refractivity contribution in [2.45, 2.75) is 0 Å². The summed E-state index contributed by atoms with van der Waals surface area (Å²) >= 11 is 0. The van der Waals surface area contributed by atoms with Crippen LogP contribution in [0, 0.1) is 0 Å². The third-order valence-corrected chi connectivity index (χ3v) is 1.55. The molecule has 0 saturated heterocycles. The van der Waals surface area contributed by atoms with Crippen molar-refractivity contribution < 1.29 is 18.9 Å². The average Bonchev–Trinajstić information content (AvgIpc) is 1.91.